The first-order valence-electron chi connectivity index (χ1n) is 10.5. The van der Waals surface area contributed by atoms with Crippen molar-refractivity contribution in [3.63, 3.8) is 0 Å². The van der Waals surface area contributed by atoms with Gasteiger partial charge in [-0.1, -0.05) is 30.3 Å². The number of aromatic nitrogens is 2. The molecule has 1 N–H and O–H groups in total. The van der Waals surface area contributed by atoms with Gasteiger partial charge >= 0.3 is 0 Å². The number of nitrogens with one attached hydrogen (secondary N) is 1. The number of rotatable bonds is 7. The number of hydrogen-bond acceptors (Lipinski definition) is 5. The number of benzene rings is 2. The molecule has 0 unspecified atom stereocenters. The molecule has 1 atom stereocenters. The Hall–Kier alpha value is -3.17. The van der Waals surface area contributed by atoms with Crippen LogP contribution in [-0.2, 0) is 6.42 Å². The second-order valence-corrected chi connectivity index (χ2v) is 7.80. The van der Waals surface area contributed by atoms with Crippen molar-refractivity contribution in [1.82, 2.24) is 15.5 Å². The quantitative estimate of drug-likeness (QED) is 0.511. The van der Waals surface area contributed by atoms with Crippen molar-refractivity contribution in [3.05, 3.63) is 58.9 Å². The lowest BCUT2D eigenvalue weighted by molar-refractivity contribution is 0.244. The fourth-order valence-corrected chi connectivity index (χ4v) is 3.94. The third-order valence-corrected chi connectivity index (χ3v) is 5.27. The normalized spacial score (nSPS) is 15.2. The molecule has 1 aliphatic rings. The lowest BCUT2D eigenvalue weighted by Crippen LogP contribution is -2.19. The van der Waals surface area contributed by atoms with E-state index < -0.39 is 0 Å². The summed E-state index contributed by atoms with van der Waals surface area (Å²) in [5.74, 6) is 1.56. The monoisotopic (exact) mass is 402 g/mol. The van der Waals surface area contributed by atoms with Crippen molar-refractivity contribution in [2.24, 2.45) is 0 Å². The van der Waals surface area contributed by atoms with Gasteiger partial charge in [0.05, 0.1) is 12.7 Å². The van der Waals surface area contributed by atoms with Crippen LogP contribution in [0, 0.1) is 6.57 Å². The van der Waals surface area contributed by atoms with Gasteiger partial charge in [0.25, 0.3) is 5.89 Å². The average molecular weight is 402 g/mol. The first-order valence-corrected chi connectivity index (χ1v) is 10.5. The Labute approximate surface area is 177 Å². The molecular weight excluding hydrogens is 376 g/mol. The summed E-state index contributed by atoms with van der Waals surface area (Å²) in [6.45, 7) is 14.5. The van der Waals surface area contributed by atoms with Gasteiger partial charge in [-0.3, -0.25) is 0 Å². The topological polar surface area (TPSA) is 64.5 Å². The van der Waals surface area contributed by atoms with E-state index in [0.29, 0.717) is 34.8 Å². The standard InChI is InChI=1S/C24H26N4O2/c1-5-13-26-20-11-10-17-18(20)7-6-8-19(17)23-27-24(30-28-23)16-9-12-22(29-15(2)3)21(14-16)25-4/h6-9,12,14-15,20,26H,5,10-11,13H2,1-3H3/t20-/m0/s1. The van der Waals surface area contributed by atoms with Crippen molar-refractivity contribution in [3.8, 4) is 28.6 Å². The van der Waals surface area contributed by atoms with E-state index in [1.165, 1.54) is 11.1 Å². The van der Waals surface area contributed by atoms with Gasteiger partial charge in [-0.05, 0) is 69.0 Å². The molecule has 0 amide bonds. The van der Waals surface area contributed by atoms with Crippen molar-refractivity contribution in [2.75, 3.05) is 6.54 Å². The van der Waals surface area contributed by atoms with Gasteiger partial charge in [0.1, 0.15) is 5.75 Å². The summed E-state index contributed by atoms with van der Waals surface area (Å²) in [6, 6.07) is 12.1. The zero-order valence-corrected chi connectivity index (χ0v) is 17.6. The number of ether oxygens (including phenoxy) is 1. The summed E-state index contributed by atoms with van der Waals surface area (Å²) in [5.41, 5.74) is 4.80. The van der Waals surface area contributed by atoms with Crippen LogP contribution in [0.3, 0.4) is 0 Å². The SMILES string of the molecule is [C-]#[N+]c1cc(-c2nc(-c3cccc4c3CC[C@@H]4NCCC)no2)ccc1OC(C)C. The number of hydrogen-bond donors (Lipinski definition) is 1. The first-order chi connectivity index (χ1) is 14.6. The van der Waals surface area contributed by atoms with E-state index in [1.54, 1.807) is 12.1 Å². The molecule has 2 aromatic carbocycles. The average Bonchev–Trinajstić information content (AvgIpc) is 3.39. The highest BCUT2D eigenvalue weighted by Gasteiger charge is 2.26. The highest BCUT2D eigenvalue weighted by atomic mass is 16.5. The Morgan fingerprint density at radius 1 is 1.30 bits per heavy atom. The molecule has 0 bridgehead atoms. The molecule has 30 heavy (non-hydrogen) atoms. The van der Waals surface area contributed by atoms with Crippen LogP contribution in [0.15, 0.2) is 40.9 Å². The predicted octanol–water partition coefficient (Wildman–Crippen LogP) is 5.73. The van der Waals surface area contributed by atoms with Gasteiger partial charge < -0.3 is 14.6 Å². The van der Waals surface area contributed by atoms with Gasteiger partial charge in [0.2, 0.25) is 11.5 Å². The van der Waals surface area contributed by atoms with Crippen LogP contribution in [-0.4, -0.2) is 22.8 Å². The van der Waals surface area contributed by atoms with Crippen LogP contribution in [0.4, 0.5) is 5.69 Å². The minimum absolute atomic E-state index is 0.00201. The second kappa shape index (κ2) is 8.68. The first kappa shape index (κ1) is 20.1. The van der Waals surface area contributed by atoms with Gasteiger partial charge in [-0.2, -0.15) is 4.98 Å². The summed E-state index contributed by atoms with van der Waals surface area (Å²) >= 11 is 0. The summed E-state index contributed by atoms with van der Waals surface area (Å²) in [6.07, 6.45) is 3.21. The second-order valence-electron chi connectivity index (χ2n) is 7.80. The Morgan fingerprint density at radius 2 is 2.17 bits per heavy atom. The van der Waals surface area contributed by atoms with E-state index in [0.717, 1.165) is 31.4 Å². The van der Waals surface area contributed by atoms with Gasteiger partial charge in [0.15, 0.2) is 0 Å². The molecule has 6 nitrogen and oxygen atoms in total. The van der Waals surface area contributed by atoms with E-state index in [-0.39, 0.29) is 6.10 Å². The molecule has 6 heteroatoms. The van der Waals surface area contributed by atoms with E-state index in [1.807, 2.05) is 19.9 Å². The molecule has 0 aliphatic heterocycles. The van der Waals surface area contributed by atoms with Crippen molar-refractivity contribution in [2.45, 2.75) is 52.2 Å². The zero-order chi connectivity index (χ0) is 21.1. The minimum atomic E-state index is 0.00201. The Morgan fingerprint density at radius 3 is 2.93 bits per heavy atom. The zero-order valence-electron chi connectivity index (χ0n) is 17.6. The van der Waals surface area contributed by atoms with E-state index in [2.05, 4.69) is 45.4 Å². The largest absolute Gasteiger partial charge is 0.502 e. The lowest BCUT2D eigenvalue weighted by Gasteiger charge is -2.13. The van der Waals surface area contributed by atoms with E-state index in [4.69, 9.17) is 15.8 Å². The molecular formula is C24H26N4O2. The van der Waals surface area contributed by atoms with E-state index in [9.17, 15) is 0 Å². The molecule has 4 rings (SSSR count). The Balaban J connectivity index is 1.63. The van der Waals surface area contributed by atoms with Crippen molar-refractivity contribution >= 4 is 5.69 Å². The summed E-state index contributed by atoms with van der Waals surface area (Å²) in [5, 5.41) is 7.86. The van der Waals surface area contributed by atoms with Gasteiger partial charge in [0, 0.05) is 17.2 Å². The fourth-order valence-electron chi connectivity index (χ4n) is 3.94. The molecule has 0 saturated heterocycles. The third kappa shape index (κ3) is 3.94. The molecule has 0 radical (unpaired) electrons. The molecule has 0 saturated carbocycles. The number of fused-ring (bicyclic) bond motifs is 1. The molecule has 0 fully saturated rings. The molecule has 154 valence electrons. The maximum Gasteiger partial charge on any atom is 0.256 e. The summed E-state index contributed by atoms with van der Waals surface area (Å²) < 4.78 is 11.3. The highest BCUT2D eigenvalue weighted by Crippen LogP contribution is 2.38. The predicted molar refractivity (Wildman–Crippen MR) is 117 cm³/mol. The highest BCUT2D eigenvalue weighted by molar-refractivity contribution is 5.70. The maximum absolute atomic E-state index is 7.45. The van der Waals surface area contributed by atoms with Crippen molar-refractivity contribution < 1.29 is 9.26 Å². The molecule has 1 aromatic heterocycles. The minimum Gasteiger partial charge on any atom is -0.502 e. The third-order valence-electron chi connectivity index (χ3n) is 5.27. The van der Waals surface area contributed by atoms with E-state index >= 15 is 0 Å². The van der Waals surface area contributed by atoms with Crippen LogP contribution in [0.1, 0.15) is 50.8 Å². The fraction of sp³-hybridized carbons (Fsp3) is 0.375. The van der Waals surface area contributed by atoms with Crippen LogP contribution in [0.2, 0.25) is 0 Å². The maximum atomic E-state index is 7.45. The van der Waals surface area contributed by atoms with Crippen LogP contribution < -0.4 is 10.1 Å². The summed E-state index contributed by atoms with van der Waals surface area (Å²) in [7, 11) is 0. The van der Waals surface area contributed by atoms with Crippen molar-refractivity contribution in [1.29, 1.82) is 0 Å². The van der Waals surface area contributed by atoms with Crippen LogP contribution >= 0.6 is 0 Å². The molecule has 0 spiro atoms. The smallest absolute Gasteiger partial charge is 0.256 e. The number of nitrogens with zero attached hydrogens (tertiary/aromatic N) is 3. The molecule has 1 heterocycles. The molecule has 1 aliphatic carbocycles. The molecule has 3 aromatic rings. The summed E-state index contributed by atoms with van der Waals surface area (Å²) in [4.78, 5) is 8.22. The van der Waals surface area contributed by atoms with Gasteiger partial charge in [-0.25, -0.2) is 4.85 Å². The van der Waals surface area contributed by atoms with Gasteiger partial charge in [-0.15, -0.1) is 0 Å². The Bertz CT molecular complexity index is 1080. The van der Waals surface area contributed by atoms with Crippen LogP contribution in [0.25, 0.3) is 27.7 Å². The van der Waals surface area contributed by atoms with Crippen LogP contribution in [0.5, 0.6) is 5.75 Å². The Kier molecular flexibility index (Phi) is 5.82. The lowest BCUT2D eigenvalue weighted by atomic mass is 10.0.